The fourth-order valence-electron chi connectivity index (χ4n) is 3.15. The predicted octanol–water partition coefficient (Wildman–Crippen LogP) is 1.29. The summed E-state index contributed by atoms with van der Waals surface area (Å²) in [4.78, 5) is 21.9. The van der Waals surface area contributed by atoms with Crippen LogP contribution in [-0.4, -0.2) is 38.9 Å². The summed E-state index contributed by atoms with van der Waals surface area (Å²) in [5.41, 5.74) is 3.82. The molecular weight excluding hydrogens is 348 g/mol. The molecule has 0 saturated carbocycles. The van der Waals surface area contributed by atoms with Crippen LogP contribution in [0.2, 0.25) is 0 Å². The first-order chi connectivity index (χ1) is 13.0. The predicted molar refractivity (Wildman–Crippen MR) is 100 cm³/mol. The molecule has 1 aromatic carbocycles. The maximum absolute atomic E-state index is 12.9. The lowest BCUT2D eigenvalue weighted by atomic mass is 10.1. The highest BCUT2D eigenvalue weighted by atomic mass is 16.5. The van der Waals surface area contributed by atoms with Crippen LogP contribution in [0.5, 0.6) is 5.75 Å². The van der Waals surface area contributed by atoms with E-state index in [0.29, 0.717) is 13.1 Å². The number of hydrogen-bond acceptors (Lipinski definition) is 5. The SMILES string of the molecule is CC(=O)O.COc1ccc(Cn2c(=O)c3c(n4nccc24)CNCC3)cc1. The Balaban J connectivity index is 0.000000481. The van der Waals surface area contributed by atoms with Gasteiger partial charge in [-0.1, -0.05) is 12.1 Å². The Morgan fingerprint density at radius 1 is 1.30 bits per heavy atom. The molecule has 27 heavy (non-hydrogen) atoms. The highest BCUT2D eigenvalue weighted by Crippen LogP contribution is 2.16. The number of ether oxygens (including phenoxy) is 1. The monoisotopic (exact) mass is 370 g/mol. The van der Waals surface area contributed by atoms with Gasteiger partial charge in [-0.15, -0.1) is 0 Å². The normalized spacial score (nSPS) is 12.8. The smallest absolute Gasteiger partial charge is 0.300 e. The number of aromatic nitrogens is 3. The summed E-state index contributed by atoms with van der Waals surface area (Å²) in [5.74, 6) is -0.0212. The van der Waals surface area contributed by atoms with Crippen molar-refractivity contribution < 1.29 is 14.6 Å². The van der Waals surface area contributed by atoms with Gasteiger partial charge in [0.2, 0.25) is 0 Å². The average molecular weight is 370 g/mol. The fraction of sp³-hybridized carbons (Fsp3) is 0.316. The largest absolute Gasteiger partial charge is 0.497 e. The number of hydrogen-bond donors (Lipinski definition) is 2. The number of fused-ring (bicyclic) bond motifs is 3. The quantitative estimate of drug-likeness (QED) is 0.721. The molecule has 0 atom stereocenters. The van der Waals surface area contributed by atoms with Gasteiger partial charge in [0.25, 0.3) is 11.5 Å². The van der Waals surface area contributed by atoms with E-state index in [2.05, 4.69) is 10.4 Å². The van der Waals surface area contributed by atoms with Crippen molar-refractivity contribution >= 4 is 11.6 Å². The maximum atomic E-state index is 12.9. The Bertz CT molecular complexity index is 1000. The number of nitrogens with zero attached hydrogens (tertiary/aromatic N) is 3. The van der Waals surface area contributed by atoms with Crippen molar-refractivity contribution in [2.24, 2.45) is 0 Å². The van der Waals surface area contributed by atoms with E-state index >= 15 is 0 Å². The zero-order valence-corrected chi connectivity index (χ0v) is 15.3. The Labute approximate surface area is 156 Å². The minimum Gasteiger partial charge on any atom is -0.497 e. The minimum absolute atomic E-state index is 0.0883. The van der Waals surface area contributed by atoms with E-state index in [4.69, 9.17) is 14.6 Å². The molecule has 3 heterocycles. The van der Waals surface area contributed by atoms with Gasteiger partial charge < -0.3 is 15.2 Å². The van der Waals surface area contributed by atoms with Gasteiger partial charge in [0.15, 0.2) is 0 Å². The number of carbonyl (C=O) groups is 1. The Hall–Kier alpha value is -3.13. The number of benzene rings is 1. The number of rotatable bonds is 3. The van der Waals surface area contributed by atoms with Crippen LogP contribution in [0, 0.1) is 0 Å². The van der Waals surface area contributed by atoms with Crippen LogP contribution in [0.15, 0.2) is 41.3 Å². The summed E-state index contributed by atoms with van der Waals surface area (Å²) in [5, 5.41) is 15.1. The van der Waals surface area contributed by atoms with Crippen molar-refractivity contribution in [2.75, 3.05) is 13.7 Å². The molecule has 0 spiro atoms. The zero-order chi connectivity index (χ0) is 19.4. The van der Waals surface area contributed by atoms with Crippen molar-refractivity contribution in [3.63, 3.8) is 0 Å². The molecule has 0 aliphatic carbocycles. The van der Waals surface area contributed by atoms with Crippen LogP contribution >= 0.6 is 0 Å². The van der Waals surface area contributed by atoms with Crippen LogP contribution in [0.3, 0.4) is 0 Å². The Morgan fingerprint density at radius 3 is 2.67 bits per heavy atom. The molecule has 0 unspecified atom stereocenters. The van der Waals surface area contributed by atoms with Crippen LogP contribution in [0.4, 0.5) is 0 Å². The van der Waals surface area contributed by atoms with Gasteiger partial charge in [-0.2, -0.15) is 5.10 Å². The van der Waals surface area contributed by atoms with E-state index in [1.165, 1.54) is 0 Å². The van der Waals surface area contributed by atoms with Gasteiger partial charge in [0.05, 0.1) is 25.5 Å². The van der Waals surface area contributed by atoms with E-state index in [9.17, 15) is 4.79 Å². The van der Waals surface area contributed by atoms with E-state index in [1.54, 1.807) is 17.9 Å². The molecule has 0 saturated heterocycles. The second kappa shape index (κ2) is 8.05. The average Bonchev–Trinajstić information content (AvgIpc) is 3.15. The van der Waals surface area contributed by atoms with Crippen LogP contribution < -0.4 is 15.6 Å². The summed E-state index contributed by atoms with van der Waals surface area (Å²) in [6.45, 7) is 3.13. The number of carboxylic acids is 1. The van der Waals surface area contributed by atoms with Gasteiger partial charge in [0.1, 0.15) is 11.4 Å². The molecule has 2 aromatic heterocycles. The molecule has 142 valence electrons. The highest BCUT2D eigenvalue weighted by Gasteiger charge is 2.20. The molecule has 1 aliphatic heterocycles. The van der Waals surface area contributed by atoms with Crippen LogP contribution in [0.1, 0.15) is 23.7 Å². The van der Waals surface area contributed by atoms with Gasteiger partial charge in [-0.25, -0.2) is 4.52 Å². The fourth-order valence-corrected chi connectivity index (χ4v) is 3.15. The summed E-state index contributed by atoms with van der Waals surface area (Å²) in [6, 6.07) is 9.69. The molecule has 0 fully saturated rings. The third-order valence-corrected chi connectivity index (χ3v) is 4.35. The third-order valence-electron chi connectivity index (χ3n) is 4.35. The molecule has 0 amide bonds. The first-order valence-corrected chi connectivity index (χ1v) is 8.62. The summed E-state index contributed by atoms with van der Waals surface area (Å²) >= 11 is 0. The Kier molecular flexibility index (Phi) is 5.56. The number of nitrogens with one attached hydrogen (secondary N) is 1. The standard InChI is InChI=1S/C17H18N4O2.C2H4O2/c1-23-13-4-2-12(3-5-13)11-20-16-7-9-19-21(16)15-10-18-8-6-14(15)17(20)22;1-2(3)4/h2-5,7,9,18H,6,8,10-11H2,1H3;1H3,(H,3,4). The van der Waals surface area contributed by atoms with E-state index < -0.39 is 5.97 Å². The first kappa shape index (κ1) is 18.7. The lowest BCUT2D eigenvalue weighted by molar-refractivity contribution is -0.134. The second-order valence-corrected chi connectivity index (χ2v) is 6.21. The molecule has 4 rings (SSSR count). The molecule has 2 N–H and O–H groups in total. The molecule has 0 radical (unpaired) electrons. The van der Waals surface area contributed by atoms with Crippen LogP contribution in [0.25, 0.3) is 5.65 Å². The lowest BCUT2D eigenvalue weighted by Gasteiger charge is -2.20. The van der Waals surface area contributed by atoms with E-state index in [1.807, 2.05) is 34.8 Å². The number of aliphatic carboxylic acids is 1. The molecule has 8 heteroatoms. The van der Waals surface area contributed by atoms with Gasteiger partial charge in [0, 0.05) is 25.1 Å². The van der Waals surface area contributed by atoms with Crippen molar-refractivity contribution in [1.29, 1.82) is 0 Å². The van der Waals surface area contributed by atoms with Crippen molar-refractivity contribution in [3.8, 4) is 5.75 Å². The van der Waals surface area contributed by atoms with Gasteiger partial charge in [-0.05, 0) is 30.7 Å². The third kappa shape index (κ3) is 4.01. The highest BCUT2D eigenvalue weighted by molar-refractivity contribution is 5.62. The minimum atomic E-state index is -0.833. The number of carboxylic acid groups (broad SMARTS) is 1. The second-order valence-electron chi connectivity index (χ2n) is 6.21. The van der Waals surface area contributed by atoms with Crippen molar-refractivity contribution in [2.45, 2.75) is 26.4 Å². The molecule has 0 bridgehead atoms. The van der Waals surface area contributed by atoms with E-state index in [0.717, 1.165) is 48.1 Å². The molecular formula is C19H22N4O4. The van der Waals surface area contributed by atoms with Gasteiger partial charge in [-0.3, -0.25) is 14.2 Å². The van der Waals surface area contributed by atoms with Crippen molar-refractivity contribution in [3.05, 3.63) is 63.7 Å². The van der Waals surface area contributed by atoms with Gasteiger partial charge >= 0.3 is 0 Å². The summed E-state index contributed by atoms with van der Waals surface area (Å²) < 4.78 is 8.87. The maximum Gasteiger partial charge on any atom is 0.300 e. The van der Waals surface area contributed by atoms with E-state index in [-0.39, 0.29) is 5.56 Å². The van der Waals surface area contributed by atoms with Crippen molar-refractivity contribution in [1.82, 2.24) is 19.5 Å². The molecule has 1 aliphatic rings. The van der Waals surface area contributed by atoms with Crippen LogP contribution in [-0.2, 0) is 24.3 Å². The lowest BCUT2D eigenvalue weighted by Crippen LogP contribution is -2.36. The summed E-state index contributed by atoms with van der Waals surface area (Å²) in [6.07, 6.45) is 2.49. The first-order valence-electron chi connectivity index (χ1n) is 8.62. The zero-order valence-electron chi connectivity index (χ0n) is 15.3. The Morgan fingerprint density at radius 2 is 2.00 bits per heavy atom. The molecule has 8 nitrogen and oxygen atoms in total. The summed E-state index contributed by atoms with van der Waals surface area (Å²) in [7, 11) is 1.65. The topological polar surface area (TPSA) is 97.9 Å². The molecule has 3 aromatic rings. The number of methoxy groups -OCH3 is 1.